The molecule has 2 N–H and O–H groups in total. The minimum Gasteiger partial charge on any atom is -0.497 e. The predicted molar refractivity (Wildman–Crippen MR) is 77.7 cm³/mol. The minimum absolute atomic E-state index is 0. The molecule has 4 nitrogen and oxygen atoms in total. The van der Waals surface area contributed by atoms with Crippen molar-refractivity contribution in [3.63, 3.8) is 0 Å². The summed E-state index contributed by atoms with van der Waals surface area (Å²) in [4.78, 5) is 11.9. The van der Waals surface area contributed by atoms with Crippen LogP contribution >= 0.6 is 12.4 Å². The molecule has 0 spiro atoms. The number of amides is 1. The third kappa shape index (κ3) is 4.73. The van der Waals surface area contributed by atoms with E-state index in [1.807, 2.05) is 24.3 Å². The smallest absolute Gasteiger partial charge is 0.224 e. The number of methoxy groups -OCH3 is 1. The van der Waals surface area contributed by atoms with Gasteiger partial charge >= 0.3 is 0 Å². The third-order valence-corrected chi connectivity index (χ3v) is 3.27. The molecular weight excluding hydrogens is 264 g/mol. The van der Waals surface area contributed by atoms with Gasteiger partial charge in [0.25, 0.3) is 0 Å². The summed E-state index contributed by atoms with van der Waals surface area (Å²) in [6, 6.07) is 7.76. The number of piperidine rings is 1. The van der Waals surface area contributed by atoms with E-state index in [4.69, 9.17) is 4.74 Å². The molecule has 0 aliphatic carbocycles. The van der Waals surface area contributed by atoms with E-state index in [1.165, 1.54) is 0 Å². The lowest BCUT2D eigenvalue weighted by atomic mass is 9.99. The van der Waals surface area contributed by atoms with Gasteiger partial charge < -0.3 is 15.4 Å². The van der Waals surface area contributed by atoms with E-state index in [0.29, 0.717) is 6.54 Å². The van der Waals surface area contributed by atoms with Gasteiger partial charge in [-0.1, -0.05) is 12.1 Å². The Morgan fingerprint density at radius 2 is 2.37 bits per heavy atom. The number of carbonyl (C=O) groups is 1. The molecule has 1 aliphatic rings. The number of rotatable bonds is 4. The number of benzene rings is 1. The van der Waals surface area contributed by atoms with Crippen LogP contribution in [0.3, 0.4) is 0 Å². The zero-order chi connectivity index (χ0) is 12.8. The number of nitrogens with one attached hydrogen (secondary N) is 2. The first-order chi connectivity index (χ1) is 8.79. The Morgan fingerprint density at radius 1 is 1.53 bits per heavy atom. The van der Waals surface area contributed by atoms with Gasteiger partial charge in [-0.2, -0.15) is 0 Å². The Balaban J connectivity index is 0.00000180. The van der Waals surface area contributed by atoms with Gasteiger partial charge in [0, 0.05) is 13.1 Å². The van der Waals surface area contributed by atoms with Crippen LogP contribution in [0.15, 0.2) is 24.3 Å². The average molecular weight is 285 g/mol. The molecule has 1 amide bonds. The second kappa shape index (κ2) is 8.02. The molecule has 2 rings (SSSR count). The molecule has 5 heteroatoms. The van der Waals surface area contributed by atoms with Crippen molar-refractivity contribution in [2.45, 2.75) is 19.4 Å². The second-order valence-electron chi connectivity index (χ2n) is 4.61. The lowest BCUT2D eigenvalue weighted by Gasteiger charge is -2.21. The van der Waals surface area contributed by atoms with E-state index < -0.39 is 0 Å². The molecule has 19 heavy (non-hydrogen) atoms. The fourth-order valence-electron chi connectivity index (χ4n) is 2.19. The van der Waals surface area contributed by atoms with Gasteiger partial charge in [0.05, 0.1) is 13.0 Å². The molecule has 1 aliphatic heterocycles. The highest BCUT2D eigenvalue weighted by Gasteiger charge is 2.20. The Labute approximate surface area is 120 Å². The number of hydrogen-bond acceptors (Lipinski definition) is 3. The Hall–Kier alpha value is -1.26. The Morgan fingerprint density at radius 3 is 3.05 bits per heavy atom. The molecule has 106 valence electrons. The zero-order valence-electron chi connectivity index (χ0n) is 11.1. The number of ether oxygens (including phenoxy) is 1. The van der Waals surface area contributed by atoms with Crippen LogP contribution in [0.1, 0.15) is 18.4 Å². The molecule has 1 aromatic carbocycles. The van der Waals surface area contributed by atoms with Crippen molar-refractivity contribution >= 4 is 18.3 Å². The molecule has 0 saturated carbocycles. The monoisotopic (exact) mass is 284 g/mol. The summed E-state index contributed by atoms with van der Waals surface area (Å²) in [6.45, 7) is 2.39. The van der Waals surface area contributed by atoms with Gasteiger partial charge in [-0.3, -0.25) is 4.79 Å². The molecule has 0 aromatic heterocycles. The maximum absolute atomic E-state index is 11.9. The highest BCUT2D eigenvalue weighted by molar-refractivity contribution is 5.85. The summed E-state index contributed by atoms with van der Waals surface area (Å²) in [5.74, 6) is 1.08. The quantitative estimate of drug-likeness (QED) is 0.885. The van der Waals surface area contributed by atoms with Crippen LogP contribution < -0.4 is 15.4 Å². The summed E-state index contributed by atoms with van der Waals surface area (Å²) >= 11 is 0. The molecule has 1 saturated heterocycles. The van der Waals surface area contributed by atoms with E-state index in [2.05, 4.69) is 10.6 Å². The van der Waals surface area contributed by atoms with E-state index in [0.717, 1.165) is 37.2 Å². The summed E-state index contributed by atoms with van der Waals surface area (Å²) < 4.78 is 5.16. The molecule has 1 aromatic rings. The first kappa shape index (κ1) is 15.8. The van der Waals surface area contributed by atoms with Gasteiger partial charge in [0.1, 0.15) is 5.75 Å². The van der Waals surface area contributed by atoms with E-state index >= 15 is 0 Å². The van der Waals surface area contributed by atoms with Crippen LogP contribution in [-0.4, -0.2) is 26.1 Å². The van der Waals surface area contributed by atoms with Gasteiger partial charge in [0.2, 0.25) is 5.91 Å². The van der Waals surface area contributed by atoms with Crippen molar-refractivity contribution in [3.8, 4) is 5.75 Å². The first-order valence-corrected chi connectivity index (χ1v) is 6.41. The van der Waals surface area contributed by atoms with E-state index in [9.17, 15) is 4.79 Å². The van der Waals surface area contributed by atoms with Crippen LogP contribution in [0.5, 0.6) is 5.75 Å². The average Bonchev–Trinajstić information content (AvgIpc) is 2.46. The Kier molecular flexibility index (Phi) is 6.67. The lowest BCUT2D eigenvalue weighted by molar-refractivity contribution is -0.125. The largest absolute Gasteiger partial charge is 0.497 e. The van der Waals surface area contributed by atoms with Gasteiger partial charge in [-0.15, -0.1) is 12.4 Å². The van der Waals surface area contributed by atoms with Gasteiger partial charge in [0.15, 0.2) is 0 Å². The topological polar surface area (TPSA) is 50.4 Å². The molecule has 1 heterocycles. The first-order valence-electron chi connectivity index (χ1n) is 6.41. The lowest BCUT2D eigenvalue weighted by Crippen LogP contribution is -2.40. The fraction of sp³-hybridized carbons (Fsp3) is 0.500. The van der Waals surface area contributed by atoms with Crippen molar-refractivity contribution in [2.24, 2.45) is 5.92 Å². The normalized spacial score (nSPS) is 18.3. The fourth-order valence-corrected chi connectivity index (χ4v) is 2.19. The van der Waals surface area contributed by atoms with E-state index in [-0.39, 0.29) is 24.2 Å². The molecule has 0 radical (unpaired) electrons. The van der Waals surface area contributed by atoms with Crippen LogP contribution in [-0.2, 0) is 11.3 Å². The van der Waals surface area contributed by atoms with Crippen molar-refractivity contribution < 1.29 is 9.53 Å². The van der Waals surface area contributed by atoms with Crippen LogP contribution in [0.2, 0.25) is 0 Å². The SMILES string of the molecule is COc1cccc(CNC(=O)[C@@H]2CCCNC2)c1.Cl. The third-order valence-electron chi connectivity index (χ3n) is 3.27. The highest BCUT2D eigenvalue weighted by atomic mass is 35.5. The van der Waals surface area contributed by atoms with Crippen molar-refractivity contribution in [3.05, 3.63) is 29.8 Å². The molecule has 0 bridgehead atoms. The minimum atomic E-state index is 0. The molecular formula is C14H21ClN2O2. The standard InChI is InChI=1S/C14H20N2O2.ClH/c1-18-13-6-2-4-11(8-13)9-16-14(17)12-5-3-7-15-10-12;/h2,4,6,8,12,15H,3,5,7,9-10H2,1H3,(H,16,17);1H/t12-;/m1./s1. The number of hydrogen-bond donors (Lipinski definition) is 2. The molecule has 0 unspecified atom stereocenters. The summed E-state index contributed by atoms with van der Waals surface area (Å²) in [5.41, 5.74) is 1.06. The Bertz CT molecular complexity index is 406. The van der Waals surface area contributed by atoms with Crippen molar-refractivity contribution in [2.75, 3.05) is 20.2 Å². The second-order valence-corrected chi connectivity index (χ2v) is 4.61. The highest BCUT2D eigenvalue weighted by Crippen LogP contribution is 2.13. The molecule has 1 atom stereocenters. The van der Waals surface area contributed by atoms with Crippen LogP contribution in [0, 0.1) is 5.92 Å². The van der Waals surface area contributed by atoms with E-state index in [1.54, 1.807) is 7.11 Å². The summed E-state index contributed by atoms with van der Waals surface area (Å²) in [7, 11) is 1.64. The predicted octanol–water partition coefficient (Wildman–Crippen LogP) is 1.73. The maximum atomic E-state index is 11.9. The zero-order valence-corrected chi connectivity index (χ0v) is 12.0. The van der Waals surface area contributed by atoms with Crippen molar-refractivity contribution in [1.29, 1.82) is 0 Å². The molecule has 1 fully saturated rings. The van der Waals surface area contributed by atoms with Gasteiger partial charge in [-0.05, 0) is 37.1 Å². The van der Waals surface area contributed by atoms with Gasteiger partial charge in [-0.25, -0.2) is 0 Å². The summed E-state index contributed by atoms with van der Waals surface area (Å²) in [6.07, 6.45) is 2.06. The maximum Gasteiger partial charge on any atom is 0.224 e. The summed E-state index contributed by atoms with van der Waals surface area (Å²) in [5, 5.41) is 6.24. The van der Waals surface area contributed by atoms with Crippen LogP contribution in [0.4, 0.5) is 0 Å². The van der Waals surface area contributed by atoms with Crippen LogP contribution in [0.25, 0.3) is 0 Å². The number of carbonyl (C=O) groups excluding carboxylic acids is 1. The van der Waals surface area contributed by atoms with Crippen molar-refractivity contribution in [1.82, 2.24) is 10.6 Å². The number of halogens is 1.